The molecule has 0 atom stereocenters. The van der Waals surface area contributed by atoms with Crippen molar-refractivity contribution in [2.75, 3.05) is 44.2 Å². The zero-order valence-corrected chi connectivity index (χ0v) is 21.1. The lowest BCUT2D eigenvalue weighted by Gasteiger charge is -2.61. The number of halogens is 1. The highest BCUT2D eigenvalue weighted by molar-refractivity contribution is 5.77. The van der Waals surface area contributed by atoms with E-state index >= 15 is 0 Å². The van der Waals surface area contributed by atoms with Gasteiger partial charge in [-0.15, -0.1) is 5.10 Å². The maximum Gasteiger partial charge on any atom is 0.320 e. The van der Waals surface area contributed by atoms with Gasteiger partial charge in [-0.05, 0) is 11.0 Å². The van der Waals surface area contributed by atoms with Crippen LogP contribution in [0.5, 0.6) is 0 Å². The third kappa shape index (κ3) is 4.20. The average molecular weight is 490 g/mol. The van der Waals surface area contributed by atoms with Gasteiger partial charge in [0.1, 0.15) is 5.82 Å². The number of hydrogen-bond donors (Lipinski definition) is 0. The van der Waals surface area contributed by atoms with Gasteiger partial charge in [0, 0.05) is 68.8 Å². The first-order chi connectivity index (χ1) is 17.2. The smallest absolute Gasteiger partial charge is 0.320 e. The lowest BCUT2D eigenvalue weighted by Crippen LogP contribution is -2.74. The quantitative estimate of drug-likeness (QED) is 0.557. The highest BCUT2D eigenvalue weighted by Gasteiger charge is 2.54. The minimum atomic E-state index is -0.315. The zero-order chi connectivity index (χ0) is 25.1. The Morgan fingerprint density at radius 3 is 2.42 bits per heavy atom. The van der Waals surface area contributed by atoms with Gasteiger partial charge in [-0.25, -0.2) is 13.9 Å². The van der Waals surface area contributed by atoms with Crippen molar-refractivity contribution in [2.45, 2.75) is 33.2 Å². The van der Waals surface area contributed by atoms with Crippen molar-refractivity contribution in [3.05, 3.63) is 60.3 Å². The average Bonchev–Trinajstić information content (AvgIpc) is 3.17. The number of urea groups is 1. The SMILES string of the molecule is CC(C)(C)Cn1nncc1-c1ccc(C2CN(C(=O)N3CC4(C3)CN(c3cncc(F)c3)C4)C2)cc1. The van der Waals surface area contributed by atoms with E-state index in [2.05, 4.69) is 65.2 Å². The van der Waals surface area contributed by atoms with Crippen molar-refractivity contribution in [1.82, 2.24) is 29.8 Å². The Morgan fingerprint density at radius 1 is 1.03 bits per heavy atom. The van der Waals surface area contributed by atoms with Gasteiger partial charge in [0.15, 0.2) is 0 Å². The summed E-state index contributed by atoms with van der Waals surface area (Å²) in [6.45, 7) is 12.1. The van der Waals surface area contributed by atoms with E-state index in [1.54, 1.807) is 6.20 Å². The van der Waals surface area contributed by atoms with Crippen molar-refractivity contribution >= 4 is 11.7 Å². The molecule has 1 spiro atoms. The first-order valence-electron chi connectivity index (χ1n) is 12.6. The Bertz CT molecular complexity index is 1260. The summed E-state index contributed by atoms with van der Waals surface area (Å²) in [6.07, 6.45) is 4.74. The summed E-state index contributed by atoms with van der Waals surface area (Å²) in [4.78, 5) is 22.9. The maximum atomic E-state index is 13.4. The zero-order valence-electron chi connectivity index (χ0n) is 21.1. The molecule has 5 heterocycles. The van der Waals surface area contributed by atoms with E-state index in [0.29, 0.717) is 5.92 Å². The molecule has 3 fully saturated rings. The van der Waals surface area contributed by atoms with Crippen molar-refractivity contribution in [3.63, 3.8) is 0 Å². The number of aromatic nitrogens is 4. The molecule has 0 aliphatic carbocycles. The summed E-state index contributed by atoms with van der Waals surface area (Å²) in [7, 11) is 0. The van der Waals surface area contributed by atoms with Crippen molar-refractivity contribution < 1.29 is 9.18 Å². The highest BCUT2D eigenvalue weighted by atomic mass is 19.1. The Balaban J connectivity index is 0.993. The molecular weight excluding hydrogens is 457 g/mol. The van der Waals surface area contributed by atoms with E-state index in [1.165, 1.54) is 17.8 Å². The number of carbonyl (C=O) groups excluding carboxylic acids is 1. The van der Waals surface area contributed by atoms with Crippen molar-refractivity contribution in [2.24, 2.45) is 10.8 Å². The van der Waals surface area contributed by atoms with Crippen LogP contribution in [0.2, 0.25) is 0 Å². The number of anilines is 1. The van der Waals surface area contributed by atoms with Crippen LogP contribution in [0.4, 0.5) is 14.9 Å². The van der Waals surface area contributed by atoms with Crippen molar-refractivity contribution in [3.8, 4) is 11.3 Å². The van der Waals surface area contributed by atoms with Crippen LogP contribution < -0.4 is 4.90 Å². The molecule has 1 aromatic carbocycles. The molecule has 9 heteroatoms. The maximum absolute atomic E-state index is 13.4. The van der Waals surface area contributed by atoms with Crippen LogP contribution in [-0.2, 0) is 6.54 Å². The Labute approximate surface area is 210 Å². The van der Waals surface area contributed by atoms with Gasteiger partial charge >= 0.3 is 6.03 Å². The number of amides is 2. The van der Waals surface area contributed by atoms with Gasteiger partial charge < -0.3 is 14.7 Å². The van der Waals surface area contributed by atoms with E-state index in [-0.39, 0.29) is 22.7 Å². The second kappa shape index (κ2) is 8.28. The molecule has 8 nitrogen and oxygen atoms in total. The molecule has 3 aliphatic heterocycles. The van der Waals surface area contributed by atoms with Crippen LogP contribution in [-0.4, -0.2) is 75.1 Å². The number of hydrogen-bond acceptors (Lipinski definition) is 5. The Hall–Kier alpha value is -3.49. The predicted octanol–water partition coefficient (Wildman–Crippen LogP) is 3.87. The van der Waals surface area contributed by atoms with E-state index in [4.69, 9.17) is 0 Å². The number of rotatable bonds is 4. The fraction of sp³-hybridized carbons (Fsp3) is 0.481. The molecule has 188 valence electrons. The summed E-state index contributed by atoms with van der Waals surface area (Å²) < 4.78 is 15.4. The fourth-order valence-electron chi connectivity index (χ4n) is 5.64. The summed E-state index contributed by atoms with van der Waals surface area (Å²) >= 11 is 0. The van der Waals surface area contributed by atoms with E-state index in [9.17, 15) is 9.18 Å². The first kappa shape index (κ1) is 22.9. The molecule has 0 bridgehead atoms. The number of benzene rings is 1. The summed E-state index contributed by atoms with van der Waals surface area (Å²) in [5, 5.41) is 8.38. The summed E-state index contributed by atoms with van der Waals surface area (Å²) in [5.41, 5.74) is 4.48. The highest BCUT2D eigenvalue weighted by Crippen LogP contribution is 2.43. The van der Waals surface area contributed by atoms with Gasteiger partial charge in [-0.2, -0.15) is 0 Å². The molecule has 3 aliphatic rings. The van der Waals surface area contributed by atoms with Crippen LogP contribution in [0.3, 0.4) is 0 Å². The van der Waals surface area contributed by atoms with Gasteiger partial charge in [0.25, 0.3) is 0 Å². The second-order valence-electron chi connectivity index (χ2n) is 11.9. The molecule has 0 saturated carbocycles. The van der Waals surface area contributed by atoms with Gasteiger partial charge in [0.2, 0.25) is 0 Å². The van der Waals surface area contributed by atoms with Gasteiger partial charge in [-0.1, -0.05) is 50.3 Å². The van der Waals surface area contributed by atoms with Gasteiger partial charge in [-0.3, -0.25) is 4.98 Å². The minimum absolute atomic E-state index is 0.122. The van der Waals surface area contributed by atoms with Crippen molar-refractivity contribution in [1.29, 1.82) is 0 Å². The van der Waals surface area contributed by atoms with Crippen LogP contribution in [0.15, 0.2) is 48.9 Å². The molecule has 3 aromatic rings. The largest absolute Gasteiger partial charge is 0.369 e. The Kier molecular flexibility index (Phi) is 5.28. The third-order valence-electron chi connectivity index (χ3n) is 7.50. The van der Waals surface area contributed by atoms with Crippen LogP contribution in [0.25, 0.3) is 11.3 Å². The molecule has 2 amide bonds. The number of nitrogens with zero attached hydrogens (tertiary/aromatic N) is 7. The van der Waals surface area contributed by atoms with Crippen LogP contribution in [0.1, 0.15) is 32.3 Å². The minimum Gasteiger partial charge on any atom is -0.369 e. The molecular formula is C27H32FN7O. The molecule has 6 rings (SSSR count). The normalized spacial score (nSPS) is 19.2. The molecule has 3 saturated heterocycles. The first-order valence-corrected chi connectivity index (χ1v) is 12.6. The number of carbonyl (C=O) groups is 1. The summed E-state index contributed by atoms with van der Waals surface area (Å²) in [5.74, 6) is 0.0560. The number of pyridine rings is 1. The fourth-order valence-corrected chi connectivity index (χ4v) is 5.64. The molecule has 36 heavy (non-hydrogen) atoms. The lowest BCUT2D eigenvalue weighted by molar-refractivity contribution is -0.0117. The van der Waals surface area contributed by atoms with Crippen LogP contribution in [0, 0.1) is 16.6 Å². The molecule has 0 N–H and O–H groups in total. The standard InChI is InChI=1S/C27H32FN7O/c1-26(2,3)14-35-24(11-30-31-35)20-6-4-19(5-7-20)21-12-32(13-21)25(36)34-17-27(18-34)15-33(16-27)23-8-22(28)9-29-10-23/h4-11,21H,12-18H2,1-3H3. The van der Waals surface area contributed by atoms with E-state index in [0.717, 1.165) is 62.8 Å². The van der Waals surface area contributed by atoms with E-state index < -0.39 is 0 Å². The molecule has 0 unspecified atom stereocenters. The predicted molar refractivity (Wildman–Crippen MR) is 135 cm³/mol. The third-order valence-corrected chi connectivity index (χ3v) is 7.50. The Morgan fingerprint density at radius 2 is 1.75 bits per heavy atom. The lowest BCUT2D eigenvalue weighted by atomic mass is 9.72. The van der Waals surface area contributed by atoms with Gasteiger partial charge in [0.05, 0.1) is 30.0 Å². The topological polar surface area (TPSA) is 70.4 Å². The van der Waals surface area contributed by atoms with Crippen LogP contribution >= 0.6 is 0 Å². The number of likely N-dealkylation sites (tertiary alicyclic amines) is 2. The monoisotopic (exact) mass is 489 g/mol. The molecule has 2 aromatic heterocycles. The van der Waals surface area contributed by atoms with E-state index in [1.807, 2.05) is 20.7 Å². The summed E-state index contributed by atoms with van der Waals surface area (Å²) in [6, 6.07) is 10.3. The second-order valence-corrected chi connectivity index (χ2v) is 11.9. The molecule has 0 radical (unpaired) electrons.